The third-order valence-electron chi connectivity index (χ3n) is 5.60. The quantitative estimate of drug-likeness (QED) is 0.671. The van der Waals surface area contributed by atoms with Crippen molar-refractivity contribution in [2.24, 2.45) is 5.92 Å². The van der Waals surface area contributed by atoms with E-state index >= 15 is 0 Å². The first-order valence-corrected chi connectivity index (χ1v) is 10.3. The number of benzene rings is 1. The lowest BCUT2D eigenvalue weighted by molar-refractivity contribution is -0.125. The van der Waals surface area contributed by atoms with Gasteiger partial charge in [0, 0.05) is 37.2 Å². The van der Waals surface area contributed by atoms with Crippen LogP contribution in [0.2, 0.25) is 0 Å². The largest absolute Gasteiger partial charge is 0.322 e. The summed E-state index contributed by atoms with van der Waals surface area (Å²) in [6.07, 6.45) is 0.663. The maximum Gasteiger partial charge on any atom is 0.230 e. The Labute approximate surface area is 179 Å². The van der Waals surface area contributed by atoms with Gasteiger partial charge in [0.15, 0.2) is 6.29 Å². The van der Waals surface area contributed by atoms with Crippen LogP contribution in [0.3, 0.4) is 0 Å². The molecule has 1 aromatic carbocycles. The van der Waals surface area contributed by atoms with E-state index in [1.54, 1.807) is 17.7 Å². The van der Waals surface area contributed by atoms with Crippen LogP contribution in [-0.4, -0.2) is 40.1 Å². The summed E-state index contributed by atoms with van der Waals surface area (Å²) in [7, 11) is 0. The Bertz CT molecular complexity index is 1010. The number of anilines is 2. The average molecular weight is 428 g/mol. The zero-order valence-electron chi connectivity index (χ0n) is 17.4. The second-order valence-corrected chi connectivity index (χ2v) is 7.93. The van der Waals surface area contributed by atoms with Crippen molar-refractivity contribution < 1.29 is 18.8 Å². The van der Waals surface area contributed by atoms with Crippen LogP contribution < -0.4 is 20.9 Å². The zero-order valence-corrected chi connectivity index (χ0v) is 17.4. The number of nitrogens with one attached hydrogen (secondary N) is 3. The van der Waals surface area contributed by atoms with Gasteiger partial charge < -0.3 is 15.5 Å². The minimum Gasteiger partial charge on any atom is -0.322 e. The van der Waals surface area contributed by atoms with Gasteiger partial charge in [0.25, 0.3) is 0 Å². The van der Waals surface area contributed by atoms with Gasteiger partial charge in [-0.2, -0.15) is 5.10 Å². The van der Waals surface area contributed by atoms with E-state index in [1.807, 2.05) is 6.92 Å². The van der Waals surface area contributed by atoms with Gasteiger partial charge in [-0.25, -0.2) is 9.07 Å². The summed E-state index contributed by atoms with van der Waals surface area (Å²) in [5.41, 5.74) is 1.24. The van der Waals surface area contributed by atoms with Crippen molar-refractivity contribution in [3.8, 4) is 0 Å². The van der Waals surface area contributed by atoms with Crippen LogP contribution in [-0.2, 0) is 14.4 Å². The molecular formula is C21H25FN6O3. The fourth-order valence-electron chi connectivity index (χ4n) is 3.94. The van der Waals surface area contributed by atoms with E-state index in [4.69, 9.17) is 0 Å². The molecule has 1 aromatic heterocycles. The lowest BCUT2D eigenvalue weighted by Crippen LogP contribution is -2.53. The van der Waals surface area contributed by atoms with Crippen molar-refractivity contribution in [2.45, 2.75) is 45.4 Å². The van der Waals surface area contributed by atoms with Crippen molar-refractivity contribution in [2.75, 3.05) is 16.8 Å². The van der Waals surface area contributed by atoms with Gasteiger partial charge in [-0.05, 0) is 37.6 Å². The lowest BCUT2D eigenvalue weighted by Gasteiger charge is -2.32. The number of rotatable bonds is 5. The molecular weight excluding hydrogens is 403 g/mol. The Morgan fingerprint density at radius 2 is 2.00 bits per heavy atom. The lowest BCUT2D eigenvalue weighted by atomic mass is 10.1. The molecule has 2 aromatic rings. The molecule has 31 heavy (non-hydrogen) atoms. The number of carbonyl (C=O) groups is 3. The molecule has 164 valence electrons. The minimum atomic E-state index is -0.573. The summed E-state index contributed by atoms with van der Waals surface area (Å²) in [4.78, 5) is 38.9. The average Bonchev–Trinajstić information content (AvgIpc) is 3.30. The minimum absolute atomic E-state index is 0.0172. The van der Waals surface area contributed by atoms with E-state index in [1.165, 1.54) is 29.2 Å². The number of aryl methyl sites for hydroxylation is 1. The molecule has 2 saturated heterocycles. The van der Waals surface area contributed by atoms with Crippen LogP contribution in [0.15, 0.2) is 30.3 Å². The van der Waals surface area contributed by atoms with Gasteiger partial charge in [0.05, 0.1) is 11.6 Å². The van der Waals surface area contributed by atoms with E-state index in [0.717, 1.165) is 6.42 Å². The SMILES string of the molecule is CCC1CC(=O)NC(n2nc(C)cc2NC(=O)C2CC(=O)N(c3ccc(F)cc3)C2)N1. The van der Waals surface area contributed by atoms with Crippen molar-refractivity contribution >= 4 is 29.2 Å². The summed E-state index contributed by atoms with van der Waals surface area (Å²) >= 11 is 0. The topological polar surface area (TPSA) is 108 Å². The molecule has 3 unspecified atom stereocenters. The van der Waals surface area contributed by atoms with Gasteiger partial charge in [-0.1, -0.05) is 6.92 Å². The Balaban J connectivity index is 1.47. The molecule has 10 heteroatoms. The summed E-state index contributed by atoms with van der Waals surface area (Å²) in [6, 6.07) is 7.35. The monoisotopic (exact) mass is 428 g/mol. The van der Waals surface area contributed by atoms with Crippen molar-refractivity contribution in [3.05, 3.63) is 41.8 Å². The molecule has 3 N–H and O–H groups in total. The Hall–Kier alpha value is -3.27. The Morgan fingerprint density at radius 1 is 1.26 bits per heavy atom. The molecule has 2 aliphatic rings. The van der Waals surface area contributed by atoms with Crippen LogP contribution in [0, 0.1) is 18.7 Å². The predicted octanol–water partition coefficient (Wildman–Crippen LogP) is 1.67. The summed E-state index contributed by atoms with van der Waals surface area (Å²) in [5.74, 6) is -1.10. The maximum absolute atomic E-state index is 13.2. The van der Waals surface area contributed by atoms with E-state index < -0.39 is 12.2 Å². The molecule has 2 aliphatic heterocycles. The summed E-state index contributed by atoms with van der Waals surface area (Å²) in [5, 5.41) is 13.4. The number of nitrogens with zero attached hydrogens (tertiary/aromatic N) is 3. The van der Waals surface area contributed by atoms with Crippen LogP contribution in [0.4, 0.5) is 15.9 Å². The van der Waals surface area contributed by atoms with Gasteiger partial charge in [-0.3, -0.25) is 19.7 Å². The Morgan fingerprint density at radius 3 is 2.71 bits per heavy atom. The third-order valence-corrected chi connectivity index (χ3v) is 5.60. The molecule has 3 atom stereocenters. The molecule has 4 rings (SSSR count). The smallest absolute Gasteiger partial charge is 0.230 e. The number of carbonyl (C=O) groups excluding carboxylic acids is 3. The molecule has 0 saturated carbocycles. The van der Waals surface area contributed by atoms with E-state index in [2.05, 4.69) is 21.0 Å². The van der Waals surface area contributed by atoms with Crippen molar-refractivity contribution in [1.29, 1.82) is 0 Å². The number of aromatic nitrogens is 2. The van der Waals surface area contributed by atoms with Crippen molar-refractivity contribution in [3.63, 3.8) is 0 Å². The van der Waals surface area contributed by atoms with Gasteiger partial charge in [-0.15, -0.1) is 0 Å². The molecule has 0 spiro atoms. The number of hydrogen-bond acceptors (Lipinski definition) is 5. The normalized spacial score (nSPS) is 23.7. The molecule has 0 aliphatic carbocycles. The number of amides is 3. The number of hydrogen-bond donors (Lipinski definition) is 3. The van der Waals surface area contributed by atoms with Gasteiger partial charge >= 0.3 is 0 Å². The van der Waals surface area contributed by atoms with Crippen molar-refractivity contribution in [1.82, 2.24) is 20.4 Å². The van der Waals surface area contributed by atoms with Crippen LogP contribution in [0.1, 0.15) is 38.2 Å². The highest BCUT2D eigenvalue weighted by atomic mass is 19.1. The predicted molar refractivity (Wildman–Crippen MR) is 111 cm³/mol. The molecule has 0 radical (unpaired) electrons. The van der Waals surface area contributed by atoms with E-state index in [0.29, 0.717) is 23.6 Å². The second kappa shape index (κ2) is 8.46. The highest BCUT2D eigenvalue weighted by Crippen LogP contribution is 2.27. The molecule has 3 heterocycles. The fourth-order valence-corrected chi connectivity index (χ4v) is 3.94. The fraction of sp³-hybridized carbons (Fsp3) is 0.429. The van der Waals surface area contributed by atoms with E-state index in [9.17, 15) is 18.8 Å². The molecule has 9 nitrogen and oxygen atoms in total. The Kier molecular flexibility index (Phi) is 5.73. The highest BCUT2D eigenvalue weighted by Gasteiger charge is 2.36. The molecule has 2 fully saturated rings. The first kappa shape index (κ1) is 21.0. The summed E-state index contributed by atoms with van der Waals surface area (Å²) in [6.45, 7) is 4.00. The van der Waals surface area contributed by atoms with Gasteiger partial charge in [0.1, 0.15) is 11.6 Å². The highest BCUT2D eigenvalue weighted by molar-refractivity contribution is 6.03. The summed E-state index contributed by atoms with van der Waals surface area (Å²) < 4.78 is 14.7. The maximum atomic E-state index is 13.2. The molecule has 0 bridgehead atoms. The first-order chi connectivity index (χ1) is 14.8. The van der Waals surface area contributed by atoms with Gasteiger partial charge in [0.2, 0.25) is 17.7 Å². The molecule has 3 amide bonds. The van der Waals surface area contributed by atoms with Crippen LogP contribution >= 0.6 is 0 Å². The van der Waals surface area contributed by atoms with Crippen LogP contribution in [0.25, 0.3) is 0 Å². The van der Waals surface area contributed by atoms with E-state index in [-0.39, 0.29) is 42.5 Å². The zero-order chi connectivity index (χ0) is 22.1. The van der Waals surface area contributed by atoms with Crippen LogP contribution in [0.5, 0.6) is 0 Å². The second-order valence-electron chi connectivity index (χ2n) is 7.93. The number of halogens is 1. The first-order valence-electron chi connectivity index (χ1n) is 10.3. The third kappa shape index (κ3) is 4.43. The standard InChI is InChI=1S/C21H25FN6O3/c1-3-15-10-18(29)25-21(23-15)28-17(8-12(2)26-28)24-20(31)13-9-19(30)27(11-13)16-6-4-14(22)5-7-16/h4-8,13,15,21,23H,3,9-11H2,1-2H3,(H,24,31)(H,25,29).